The van der Waals surface area contributed by atoms with Crippen LogP contribution in [-0.4, -0.2) is 48.5 Å². The molecular formula is C11H23NO2. The average Bonchev–Trinajstić information content (AvgIpc) is 2.01. The van der Waals surface area contributed by atoms with Crippen LogP contribution in [0.15, 0.2) is 0 Å². The molecule has 0 spiro atoms. The van der Waals surface area contributed by atoms with E-state index in [1.807, 2.05) is 0 Å². The van der Waals surface area contributed by atoms with Crippen LogP contribution in [0, 0.1) is 5.41 Å². The molecule has 0 aliphatic carbocycles. The van der Waals surface area contributed by atoms with E-state index in [0.29, 0.717) is 12.2 Å². The number of hydrogen-bond acceptors (Lipinski definition) is 3. The molecule has 3 nitrogen and oxygen atoms in total. The van der Waals surface area contributed by atoms with Crippen LogP contribution in [0.2, 0.25) is 0 Å². The molecular weight excluding hydrogens is 178 g/mol. The van der Waals surface area contributed by atoms with Gasteiger partial charge in [0.2, 0.25) is 0 Å². The lowest BCUT2D eigenvalue weighted by molar-refractivity contribution is -0.0785. The topological polar surface area (TPSA) is 32.7 Å². The van der Waals surface area contributed by atoms with Crippen LogP contribution in [0.4, 0.5) is 0 Å². The highest BCUT2D eigenvalue weighted by Crippen LogP contribution is 2.19. The van der Waals surface area contributed by atoms with Gasteiger partial charge in [-0.2, -0.15) is 0 Å². The number of aliphatic hydroxyl groups is 1. The first-order valence-electron chi connectivity index (χ1n) is 5.41. The van der Waals surface area contributed by atoms with Crippen LogP contribution in [0.25, 0.3) is 0 Å². The molecule has 1 fully saturated rings. The van der Waals surface area contributed by atoms with E-state index in [-0.39, 0.29) is 12.0 Å². The Balaban J connectivity index is 2.44. The summed E-state index contributed by atoms with van der Waals surface area (Å²) < 4.78 is 5.66. The monoisotopic (exact) mass is 201 g/mol. The zero-order valence-corrected chi connectivity index (χ0v) is 9.79. The van der Waals surface area contributed by atoms with E-state index in [0.717, 1.165) is 19.6 Å². The summed E-state index contributed by atoms with van der Waals surface area (Å²) in [4.78, 5) is 2.38. The van der Waals surface area contributed by atoms with Gasteiger partial charge in [-0.1, -0.05) is 13.8 Å². The van der Waals surface area contributed by atoms with Crippen LogP contribution in [0.1, 0.15) is 27.7 Å². The summed E-state index contributed by atoms with van der Waals surface area (Å²) in [5.41, 5.74) is -0.00319. The van der Waals surface area contributed by atoms with Gasteiger partial charge in [0, 0.05) is 31.7 Å². The highest BCUT2D eigenvalue weighted by Gasteiger charge is 2.27. The van der Waals surface area contributed by atoms with Crippen molar-refractivity contribution in [2.24, 2.45) is 5.41 Å². The lowest BCUT2D eigenvalue weighted by Crippen LogP contribution is -2.49. The van der Waals surface area contributed by atoms with Crippen molar-refractivity contribution >= 4 is 0 Å². The molecule has 0 aromatic carbocycles. The molecule has 0 saturated carbocycles. The van der Waals surface area contributed by atoms with E-state index in [4.69, 9.17) is 4.74 Å². The Morgan fingerprint density at radius 1 is 1.29 bits per heavy atom. The molecule has 2 atom stereocenters. The molecule has 3 heteroatoms. The average molecular weight is 201 g/mol. The lowest BCUT2D eigenvalue weighted by Gasteiger charge is -2.39. The Morgan fingerprint density at radius 2 is 1.79 bits per heavy atom. The molecule has 1 rings (SSSR count). The highest BCUT2D eigenvalue weighted by atomic mass is 16.5. The maximum atomic E-state index is 9.20. The minimum atomic E-state index is -0.00319. The Bertz CT molecular complexity index is 172. The van der Waals surface area contributed by atoms with Crippen LogP contribution in [0.5, 0.6) is 0 Å². The second-order valence-electron chi connectivity index (χ2n) is 5.27. The summed E-state index contributed by atoms with van der Waals surface area (Å²) in [6.45, 7) is 11.6. The summed E-state index contributed by atoms with van der Waals surface area (Å²) in [5.74, 6) is 0. The van der Waals surface area contributed by atoms with Crippen LogP contribution in [0.3, 0.4) is 0 Å². The van der Waals surface area contributed by atoms with Crippen molar-refractivity contribution in [3.8, 4) is 0 Å². The minimum Gasteiger partial charge on any atom is -0.396 e. The summed E-state index contributed by atoms with van der Waals surface area (Å²) in [5, 5.41) is 9.20. The van der Waals surface area contributed by atoms with E-state index in [2.05, 4.69) is 32.6 Å². The van der Waals surface area contributed by atoms with Gasteiger partial charge in [0.05, 0.1) is 12.2 Å². The molecule has 1 aliphatic heterocycles. The van der Waals surface area contributed by atoms with E-state index in [9.17, 15) is 5.11 Å². The van der Waals surface area contributed by atoms with Crippen LogP contribution >= 0.6 is 0 Å². The van der Waals surface area contributed by atoms with Crippen molar-refractivity contribution in [3.05, 3.63) is 0 Å². The standard InChI is InChI=1S/C11H23NO2/c1-9-5-12(6-10(2)14-9)7-11(3,4)8-13/h9-10,13H,5-8H2,1-4H3. The second kappa shape index (κ2) is 4.60. The molecule has 0 bridgehead atoms. The van der Waals surface area contributed by atoms with Gasteiger partial charge in [0.25, 0.3) is 0 Å². The number of morpholine rings is 1. The van der Waals surface area contributed by atoms with Crippen LogP contribution < -0.4 is 0 Å². The third kappa shape index (κ3) is 3.56. The maximum Gasteiger partial charge on any atom is 0.0678 e. The molecule has 2 unspecified atom stereocenters. The zero-order valence-electron chi connectivity index (χ0n) is 9.79. The Labute approximate surface area is 87.1 Å². The van der Waals surface area contributed by atoms with Gasteiger partial charge in [0.1, 0.15) is 0 Å². The van der Waals surface area contributed by atoms with Gasteiger partial charge in [0.15, 0.2) is 0 Å². The fourth-order valence-electron chi connectivity index (χ4n) is 2.07. The normalized spacial score (nSPS) is 30.6. The minimum absolute atomic E-state index is 0.00319. The second-order valence-corrected chi connectivity index (χ2v) is 5.27. The third-order valence-electron chi connectivity index (χ3n) is 2.57. The first kappa shape index (κ1) is 12.0. The molecule has 84 valence electrons. The fraction of sp³-hybridized carbons (Fsp3) is 1.00. The molecule has 0 amide bonds. The summed E-state index contributed by atoms with van der Waals surface area (Å²) in [6.07, 6.45) is 0.626. The van der Waals surface area contributed by atoms with Gasteiger partial charge < -0.3 is 9.84 Å². The first-order valence-corrected chi connectivity index (χ1v) is 5.41. The quantitative estimate of drug-likeness (QED) is 0.742. The van der Waals surface area contributed by atoms with Gasteiger partial charge in [-0.3, -0.25) is 4.90 Å². The van der Waals surface area contributed by atoms with Gasteiger partial charge in [-0.25, -0.2) is 0 Å². The van der Waals surface area contributed by atoms with E-state index < -0.39 is 0 Å². The van der Waals surface area contributed by atoms with Crippen molar-refractivity contribution in [2.45, 2.75) is 39.9 Å². The van der Waals surface area contributed by atoms with Crippen molar-refractivity contribution in [2.75, 3.05) is 26.2 Å². The molecule has 1 N–H and O–H groups in total. The summed E-state index contributed by atoms with van der Waals surface area (Å²) in [7, 11) is 0. The number of aliphatic hydroxyl groups excluding tert-OH is 1. The van der Waals surface area contributed by atoms with Crippen molar-refractivity contribution in [3.63, 3.8) is 0 Å². The molecule has 1 saturated heterocycles. The molecule has 0 radical (unpaired) electrons. The van der Waals surface area contributed by atoms with Crippen molar-refractivity contribution in [1.82, 2.24) is 4.90 Å². The van der Waals surface area contributed by atoms with Gasteiger partial charge in [-0.15, -0.1) is 0 Å². The van der Waals surface area contributed by atoms with E-state index in [1.165, 1.54) is 0 Å². The predicted octanol–water partition coefficient (Wildman–Crippen LogP) is 1.11. The third-order valence-corrected chi connectivity index (χ3v) is 2.57. The van der Waals surface area contributed by atoms with Crippen molar-refractivity contribution < 1.29 is 9.84 Å². The molecule has 1 aliphatic rings. The van der Waals surface area contributed by atoms with Gasteiger partial charge in [-0.05, 0) is 13.8 Å². The maximum absolute atomic E-state index is 9.20. The smallest absolute Gasteiger partial charge is 0.0678 e. The molecule has 1 heterocycles. The molecule has 0 aromatic rings. The van der Waals surface area contributed by atoms with Crippen molar-refractivity contribution in [1.29, 1.82) is 0 Å². The fourth-order valence-corrected chi connectivity index (χ4v) is 2.07. The van der Waals surface area contributed by atoms with Gasteiger partial charge >= 0.3 is 0 Å². The number of rotatable bonds is 3. The Hall–Kier alpha value is -0.120. The highest BCUT2D eigenvalue weighted by molar-refractivity contribution is 4.79. The summed E-state index contributed by atoms with van der Waals surface area (Å²) in [6, 6.07) is 0. The Morgan fingerprint density at radius 3 is 2.21 bits per heavy atom. The molecule has 14 heavy (non-hydrogen) atoms. The largest absolute Gasteiger partial charge is 0.396 e. The summed E-state index contributed by atoms with van der Waals surface area (Å²) >= 11 is 0. The zero-order chi connectivity index (χ0) is 10.8. The van der Waals surface area contributed by atoms with E-state index in [1.54, 1.807) is 0 Å². The lowest BCUT2D eigenvalue weighted by atomic mass is 9.93. The number of hydrogen-bond donors (Lipinski definition) is 1. The predicted molar refractivity (Wildman–Crippen MR) is 57.3 cm³/mol. The van der Waals surface area contributed by atoms with Crippen LogP contribution in [-0.2, 0) is 4.74 Å². The molecule has 0 aromatic heterocycles. The first-order chi connectivity index (χ1) is 6.43. The SMILES string of the molecule is CC1CN(CC(C)(C)CO)CC(C)O1. The number of ether oxygens (including phenoxy) is 1. The van der Waals surface area contributed by atoms with E-state index >= 15 is 0 Å². The number of nitrogens with zero attached hydrogens (tertiary/aromatic N) is 1. The Kier molecular flexibility index (Phi) is 3.93.